The number of hydrogen-bond acceptors (Lipinski definition) is 4. The third-order valence-corrected chi connectivity index (χ3v) is 5.84. The molecule has 0 aliphatic carbocycles. The predicted molar refractivity (Wildman–Crippen MR) is 117 cm³/mol. The SMILES string of the molecule is COc1ccccc1CN1CCN(C(=O)Nc2ccc(N3CCCC3)cc2)CC1. The second-order valence-electron chi connectivity index (χ2n) is 7.75. The highest BCUT2D eigenvalue weighted by Crippen LogP contribution is 2.23. The molecule has 2 heterocycles. The smallest absolute Gasteiger partial charge is 0.321 e. The van der Waals surface area contributed by atoms with Crippen molar-refractivity contribution >= 4 is 17.4 Å². The molecule has 6 nitrogen and oxygen atoms in total. The van der Waals surface area contributed by atoms with E-state index in [9.17, 15) is 4.79 Å². The Morgan fingerprint density at radius 3 is 2.31 bits per heavy atom. The number of amides is 2. The van der Waals surface area contributed by atoms with Crippen LogP contribution in [0.2, 0.25) is 0 Å². The Hall–Kier alpha value is -2.73. The van der Waals surface area contributed by atoms with E-state index in [1.165, 1.54) is 24.1 Å². The zero-order valence-corrected chi connectivity index (χ0v) is 17.1. The van der Waals surface area contributed by atoms with Crippen molar-refractivity contribution in [2.75, 3.05) is 56.6 Å². The van der Waals surface area contributed by atoms with Crippen molar-refractivity contribution < 1.29 is 9.53 Å². The zero-order valence-electron chi connectivity index (χ0n) is 17.1. The van der Waals surface area contributed by atoms with E-state index in [-0.39, 0.29) is 6.03 Å². The molecular formula is C23H30N4O2. The Labute approximate surface area is 173 Å². The van der Waals surface area contributed by atoms with Gasteiger partial charge in [0.2, 0.25) is 0 Å². The van der Waals surface area contributed by atoms with Gasteiger partial charge in [-0.3, -0.25) is 4.90 Å². The fourth-order valence-electron chi connectivity index (χ4n) is 4.12. The van der Waals surface area contributed by atoms with Crippen LogP contribution in [-0.2, 0) is 6.54 Å². The number of nitrogens with one attached hydrogen (secondary N) is 1. The van der Waals surface area contributed by atoms with Crippen LogP contribution >= 0.6 is 0 Å². The molecule has 2 aliphatic heterocycles. The van der Waals surface area contributed by atoms with Crippen molar-refractivity contribution in [2.24, 2.45) is 0 Å². The number of rotatable bonds is 5. The molecule has 6 heteroatoms. The minimum atomic E-state index is -0.0177. The van der Waals surface area contributed by atoms with Crippen LogP contribution in [0, 0.1) is 0 Å². The molecule has 2 saturated heterocycles. The summed E-state index contributed by atoms with van der Waals surface area (Å²) in [4.78, 5) is 19.3. The summed E-state index contributed by atoms with van der Waals surface area (Å²) >= 11 is 0. The van der Waals surface area contributed by atoms with Gasteiger partial charge in [0, 0.05) is 62.8 Å². The van der Waals surface area contributed by atoms with Gasteiger partial charge >= 0.3 is 6.03 Å². The van der Waals surface area contributed by atoms with Crippen LogP contribution in [0.15, 0.2) is 48.5 Å². The number of carbonyl (C=O) groups excluding carboxylic acids is 1. The maximum atomic E-state index is 12.6. The lowest BCUT2D eigenvalue weighted by atomic mass is 10.1. The molecule has 0 atom stereocenters. The summed E-state index contributed by atoms with van der Waals surface area (Å²) in [5.41, 5.74) is 3.28. The molecule has 1 N–H and O–H groups in total. The average molecular weight is 395 g/mol. The second kappa shape index (κ2) is 9.18. The van der Waals surface area contributed by atoms with Gasteiger partial charge in [0.15, 0.2) is 0 Å². The Morgan fingerprint density at radius 1 is 0.931 bits per heavy atom. The monoisotopic (exact) mass is 394 g/mol. The standard InChI is InChI=1S/C23H30N4O2/c1-29-22-7-3-2-6-19(22)18-25-14-16-27(17-15-25)23(28)24-20-8-10-21(11-9-20)26-12-4-5-13-26/h2-3,6-11H,4-5,12-18H2,1H3,(H,24,28). The van der Waals surface area contributed by atoms with Crippen LogP contribution < -0.4 is 15.0 Å². The predicted octanol–water partition coefficient (Wildman–Crippen LogP) is 3.65. The first-order valence-electron chi connectivity index (χ1n) is 10.5. The minimum absolute atomic E-state index is 0.0177. The summed E-state index contributed by atoms with van der Waals surface area (Å²) in [6.45, 7) is 6.28. The van der Waals surface area contributed by atoms with Crippen molar-refractivity contribution in [1.82, 2.24) is 9.80 Å². The number of hydrogen-bond donors (Lipinski definition) is 1. The molecule has 2 aliphatic rings. The molecular weight excluding hydrogens is 364 g/mol. The van der Waals surface area contributed by atoms with Crippen LogP contribution in [0.3, 0.4) is 0 Å². The highest BCUT2D eigenvalue weighted by molar-refractivity contribution is 5.89. The quantitative estimate of drug-likeness (QED) is 0.841. The van der Waals surface area contributed by atoms with E-state index in [4.69, 9.17) is 4.74 Å². The number of methoxy groups -OCH3 is 1. The van der Waals surface area contributed by atoms with Gasteiger partial charge in [-0.15, -0.1) is 0 Å². The van der Waals surface area contributed by atoms with Crippen LogP contribution in [0.1, 0.15) is 18.4 Å². The van der Waals surface area contributed by atoms with E-state index in [0.29, 0.717) is 0 Å². The summed E-state index contributed by atoms with van der Waals surface area (Å²) < 4.78 is 5.45. The largest absolute Gasteiger partial charge is 0.496 e. The molecule has 2 aromatic rings. The maximum Gasteiger partial charge on any atom is 0.321 e. The Kier molecular flexibility index (Phi) is 6.20. The van der Waals surface area contributed by atoms with Crippen LogP contribution in [0.4, 0.5) is 16.2 Å². The number of benzene rings is 2. The fraction of sp³-hybridized carbons (Fsp3) is 0.435. The van der Waals surface area contributed by atoms with Crippen LogP contribution in [0.25, 0.3) is 0 Å². The lowest BCUT2D eigenvalue weighted by Gasteiger charge is -2.34. The lowest BCUT2D eigenvalue weighted by molar-refractivity contribution is 0.142. The topological polar surface area (TPSA) is 48.1 Å². The number of carbonyl (C=O) groups is 1. The summed E-state index contributed by atoms with van der Waals surface area (Å²) in [5.74, 6) is 0.921. The normalized spacial score (nSPS) is 17.4. The Balaban J connectivity index is 1.26. The van der Waals surface area contributed by atoms with Crippen molar-refractivity contribution in [3.63, 3.8) is 0 Å². The van der Waals surface area contributed by atoms with E-state index >= 15 is 0 Å². The van der Waals surface area contributed by atoms with Gasteiger partial charge in [0.25, 0.3) is 0 Å². The molecule has 0 radical (unpaired) electrons. The molecule has 0 bridgehead atoms. The third kappa shape index (κ3) is 4.82. The van der Waals surface area contributed by atoms with E-state index in [0.717, 1.165) is 57.3 Å². The van der Waals surface area contributed by atoms with Gasteiger partial charge < -0.3 is 19.9 Å². The van der Waals surface area contributed by atoms with Crippen molar-refractivity contribution in [2.45, 2.75) is 19.4 Å². The fourth-order valence-corrected chi connectivity index (χ4v) is 4.12. The molecule has 2 amide bonds. The number of ether oxygens (including phenoxy) is 1. The molecule has 29 heavy (non-hydrogen) atoms. The third-order valence-electron chi connectivity index (χ3n) is 5.84. The second-order valence-corrected chi connectivity index (χ2v) is 7.75. The molecule has 0 saturated carbocycles. The number of anilines is 2. The van der Waals surface area contributed by atoms with Crippen molar-refractivity contribution in [1.29, 1.82) is 0 Å². The van der Waals surface area contributed by atoms with E-state index in [1.54, 1.807) is 7.11 Å². The van der Waals surface area contributed by atoms with Crippen LogP contribution in [-0.4, -0.2) is 62.2 Å². The maximum absolute atomic E-state index is 12.6. The van der Waals surface area contributed by atoms with Gasteiger partial charge in [-0.25, -0.2) is 4.79 Å². The number of urea groups is 1. The first-order valence-corrected chi connectivity index (χ1v) is 10.5. The molecule has 4 rings (SSSR count). The summed E-state index contributed by atoms with van der Waals surface area (Å²) in [6.07, 6.45) is 2.53. The summed E-state index contributed by atoms with van der Waals surface area (Å²) in [6, 6.07) is 16.3. The number of para-hydroxylation sites is 1. The van der Waals surface area contributed by atoms with Gasteiger partial charge in [-0.05, 0) is 43.2 Å². The molecule has 0 aromatic heterocycles. The molecule has 154 valence electrons. The van der Waals surface area contributed by atoms with Crippen LogP contribution in [0.5, 0.6) is 5.75 Å². The highest BCUT2D eigenvalue weighted by Gasteiger charge is 2.22. The highest BCUT2D eigenvalue weighted by atomic mass is 16.5. The minimum Gasteiger partial charge on any atom is -0.496 e. The number of nitrogens with zero attached hydrogens (tertiary/aromatic N) is 3. The van der Waals surface area contributed by atoms with E-state index in [2.05, 4.69) is 33.3 Å². The molecule has 0 unspecified atom stereocenters. The van der Waals surface area contributed by atoms with Crippen molar-refractivity contribution in [3.05, 3.63) is 54.1 Å². The summed E-state index contributed by atoms with van der Waals surface area (Å²) in [7, 11) is 1.71. The number of piperazine rings is 1. The Bertz CT molecular complexity index is 810. The average Bonchev–Trinajstić information content (AvgIpc) is 3.30. The zero-order chi connectivity index (χ0) is 20.1. The lowest BCUT2D eigenvalue weighted by Crippen LogP contribution is -2.49. The first-order chi connectivity index (χ1) is 14.2. The van der Waals surface area contributed by atoms with E-state index in [1.807, 2.05) is 35.2 Å². The van der Waals surface area contributed by atoms with Gasteiger partial charge in [-0.2, -0.15) is 0 Å². The summed E-state index contributed by atoms with van der Waals surface area (Å²) in [5, 5.41) is 3.04. The Morgan fingerprint density at radius 2 is 1.62 bits per heavy atom. The first kappa shape index (κ1) is 19.6. The van der Waals surface area contributed by atoms with E-state index < -0.39 is 0 Å². The molecule has 0 spiro atoms. The molecule has 2 fully saturated rings. The molecule has 2 aromatic carbocycles. The van der Waals surface area contributed by atoms with Gasteiger partial charge in [0.05, 0.1) is 7.11 Å². The van der Waals surface area contributed by atoms with Gasteiger partial charge in [0.1, 0.15) is 5.75 Å². The van der Waals surface area contributed by atoms with Gasteiger partial charge in [-0.1, -0.05) is 18.2 Å². The van der Waals surface area contributed by atoms with Crippen molar-refractivity contribution in [3.8, 4) is 5.75 Å².